The first-order valence-electron chi connectivity index (χ1n) is 27.2. The minimum atomic E-state index is -0.446. The molecule has 0 aromatic carbocycles. The summed E-state index contributed by atoms with van der Waals surface area (Å²) in [6.07, 6.45) is 4.57. The minimum Gasteiger partial charge on any atom is -0.382 e. The van der Waals surface area contributed by atoms with Gasteiger partial charge < -0.3 is 71.1 Å². The molecule has 0 saturated carbocycles. The molecule has 70 heavy (non-hydrogen) atoms. The molecule has 0 radical (unpaired) electrons. The molecule has 5 aliphatic rings. The van der Waals surface area contributed by atoms with Gasteiger partial charge in [0.05, 0.1) is 130 Å². The zero-order valence-electron chi connectivity index (χ0n) is 48.7. The lowest BCUT2D eigenvalue weighted by atomic mass is 9.93. The zero-order valence-corrected chi connectivity index (χ0v) is 48.7. The van der Waals surface area contributed by atoms with Crippen molar-refractivity contribution in [1.82, 2.24) is 0 Å². The summed E-state index contributed by atoms with van der Waals surface area (Å²) in [6.45, 7) is 49.3. The molecule has 0 unspecified atom stereocenters. The van der Waals surface area contributed by atoms with Gasteiger partial charge in [-0.15, -0.1) is 0 Å². The van der Waals surface area contributed by atoms with Gasteiger partial charge in [-0.25, -0.2) is 0 Å². The molecule has 418 valence electrons. The van der Waals surface area contributed by atoms with Gasteiger partial charge in [-0.2, -0.15) is 0 Å². The first-order chi connectivity index (χ1) is 32.6. The van der Waals surface area contributed by atoms with E-state index in [1.807, 2.05) is 104 Å². The van der Waals surface area contributed by atoms with Gasteiger partial charge in [-0.05, 0) is 159 Å². The number of hydrogen-bond acceptors (Lipinski definition) is 15. The van der Waals surface area contributed by atoms with E-state index >= 15 is 0 Å². The fourth-order valence-corrected chi connectivity index (χ4v) is 9.74. The van der Waals surface area contributed by atoms with Crippen LogP contribution < -0.4 is 0 Å². The molecule has 15 heteroatoms. The Kier molecular flexibility index (Phi) is 30.0. The average Bonchev–Trinajstić information content (AvgIpc) is 3.99. The highest BCUT2D eigenvalue weighted by molar-refractivity contribution is 5.12. The molecule has 5 rings (SSSR count). The molecule has 2 bridgehead atoms. The molecule has 5 fully saturated rings. The van der Waals surface area contributed by atoms with Gasteiger partial charge in [0.1, 0.15) is 48.3 Å². The van der Waals surface area contributed by atoms with Gasteiger partial charge in [0.2, 0.25) is 0 Å². The fraction of sp³-hybridized carbons (Fsp3) is 1.00. The summed E-state index contributed by atoms with van der Waals surface area (Å²) >= 11 is 0. The fourth-order valence-electron chi connectivity index (χ4n) is 9.74. The van der Waals surface area contributed by atoms with Crippen molar-refractivity contribution in [2.75, 3.05) is 33.5 Å². The molecule has 0 aromatic heterocycles. The standard InChI is InChI=1S/C15H30O5.C14H26O4.2C13H26O3/c1-10(2)18-9-13-15(19-11(3)4)14(12(5)20-13)17-8-7-16-6;1-8(2)15-7-14-11(6)17-12(10(5)18-14)13(14)16-9(3)4;2*1-8(2)14-11(6)13-12(15-9(3)4)7-10(5)16-13/h10-15H,7-9H2,1-6H3;8-13H,7H2,1-6H3;2*8-13H,7H2,1-6H3/t12-,13+,14-,15+;10-,11-,12-,13-,14-;10-,11+,12-,13+;10-,11-,12-,13+/m0000/s1. The van der Waals surface area contributed by atoms with Crippen LogP contribution in [-0.4, -0.2) is 186 Å². The number of rotatable bonds is 24. The van der Waals surface area contributed by atoms with Gasteiger partial charge in [-0.3, -0.25) is 0 Å². The Morgan fingerprint density at radius 1 is 0.486 bits per heavy atom. The van der Waals surface area contributed by atoms with Crippen LogP contribution in [0.5, 0.6) is 0 Å². The Balaban J connectivity index is 0.000000321. The normalized spacial score (nSPS) is 34.8. The second kappa shape index (κ2) is 32.1. The van der Waals surface area contributed by atoms with Crippen LogP contribution in [0.2, 0.25) is 0 Å². The van der Waals surface area contributed by atoms with E-state index in [4.69, 9.17) is 71.1 Å². The van der Waals surface area contributed by atoms with E-state index in [-0.39, 0.29) is 146 Å². The second-order valence-electron chi connectivity index (χ2n) is 22.2. The molecule has 0 amide bonds. The minimum absolute atomic E-state index is 0.00336. The molecule has 0 aliphatic carbocycles. The molecule has 17 atom stereocenters. The molecule has 0 N–H and O–H groups in total. The highest BCUT2D eigenvalue weighted by atomic mass is 16.7. The van der Waals surface area contributed by atoms with Crippen molar-refractivity contribution in [2.24, 2.45) is 0 Å². The van der Waals surface area contributed by atoms with Crippen molar-refractivity contribution in [1.29, 1.82) is 0 Å². The summed E-state index contributed by atoms with van der Waals surface area (Å²) in [4.78, 5) is 0. The van der Waals surface area contributed by atoms with Gasteiger partial charge in [-0.1, -0.05) is 0 Å². The predicted molar refractivity (Wildman–Crippen MR) is 275 cm³/mol. The zero-order chi connectivity index (χ0) is 53.2. The van der Waals surface area contributed by atoms with Gasteiger partial charge in [0, 0.05) is 20.0 Å². The van der Waals surface area contributed by atoms with Crippen molar-refractivity contribution in [3.8, 4) is 0 Å². The third kappa shape index (κ3) is 21.9. The lowest BCUT2D eigenvalue weighted by molar-refractivity contribution is -0.204. The monoisotopic (exact) mass is 1010 g/mol. The number of fused-ring (bicyclic) bond motifs is 2. The van der Waals surface area contributed by atoms with Crippen LogP contribution in [-0.2, 0) is 71.1 Å². The second-order valence-corrected chi connectivity index (χ2v) is 22.2. The van der Waals surface area contributed by atoms with Crippen LogP contribution in [0.4, 0.5) is 0 Å². The number of hydrogen-bond donors (Lipinski definition) is 0. The SMILES string of the molecule is CC(C)OC[C@]12O[C@@H](C)[C@H](O[C@H]1C)[C@@H]2OC(C)C.CC(C)O[C@@H](C)[C@H]1O[C@@H](C)C[C@@H]1OC(C)C.CC(C)O[C@H]1C[C@H](C)O[C@@H]1[C@@H](C)OC(C)C.COCCO[C@@H]1[C@H](OC(C)C)[C@@H](COC(C)C)O[C@H]1C. The molecule has 0 spiro atoms. The van der Waals surface area contributed by atoms with Crippen molar-refractivity contribution in [2.45, 2.75) is 324 Å². The maximum absolute atomic E-state index is 6.15. The Morgan fingerprint density at radius 3 is 1.37 bits per heavy atom. The maximum Gasteiger partial charge on any atom is 0.146 e. The average molecular weight is 1010 g/mol. The van der Waals surface area contributed by atoms with Crippen molar-refractivity contribution in [3.63, 3.8) is 0 Å². The van der Waals surface area contributed by atoms with Gasteiger partial charge >= 0.3 is 0 Å². The van der Waals surface area contributed by atoms with E-state index in [9.17, 15) is 0 Å². The van der Waals surface area contributed by atoms with E-state index in [0.29, 0.717) is 26.4 Å². The summed E-state index contributed by atoms with van der Waals surface area (Å²) in [5.41, 5.74) is -0.446. The third-order valence-corrected chi connectivity index (χ3v) is 12.4. The highest BCUT2D eigenvalue weighted by Crippen LogP contribution is 2.46. The molecule has 0 aromatic rings. The molecular formula is C55H108O15. The quantitative estimate of drug-likeness (QED) is 0.0848. The molecule has 15 nitrogen and oxygen atoms in total. The number of ether oxygens (including phenoxy) is 15. The summed E-state index contributed by atoms with van der Waals surface area (Å²) < 4.78 is 87.6. The highest BCUT2D eigenvalue weighted by Gasteiger charge is 2.65. The maximum atomic E-state index is 6.15. The van der Waals surface area contributed by atoms with Crippen molar-refractivity contribution in [3.05, 3.63) is 0 Å². The topological polar surface area (TPSA) is 138 Å². The number of methoxy groups -OCH3 is 1. The first-order valence-corrected chi connectivity index (χ1v) is 27.2. The van der Waals surface area contributed by atoms with Crippen LogP contribution in [0, 0.1) is 0 Å². The molecule has 5 aliphatic heterocycles. The summed E-state index contributed by atoms with van der Waals surface area (Å²) in [5, 5.41) is 0. The van der Waals surface area contributed by atoms with E-state index in [2.05, 4.69) is 55.4 Å². The predicted octanol–water partition coefficient (Wildman–Crippen LogP) is 9.72. The van der Waals surface area contributed by atoms with Crippen molar-refractivity contribution < 1.29 is 71.1 Å². The van der Waals surface area contributed by atoms with E-state index in [1.54, 1.807) is 7.11 Å². The van der Waals surface area contributed by atoms with Crippen molar-refractivity contribution >= 4 is 0 Å². The lowest BCUT2D eigenvalue weighted by Crippen LogP contribution is -2.52. The smallest absolute Gasteiger partial charge is 0.146 e. The molecular weight excluding hydrogens is 901 g/mol. The molecule has 5 heterocycles. The summed E-state index contributed by atoms with van der Waals surface area (Å²) in [6, 6.07) is 0. The summed E-state index contributed by atoms with van der Waals surface area (Å²) in [7, 11) is 1.67. The Bertz CT molecular complexity index is 1310. The Morgan fingerprint density at radius 2 is 0.957 bits per heavy atom. The Labute approximate surface area is 427 Å². The largest absolute Gasteiger partial charge is 0.382 e. The van der Waals surface area contributed by atoms with Crippen LogP contribution in [0.25, 0.3) is 0 Å². The first kappa shape index (κ1) is 65.5. The van der Waals surface area contributed by atoms with Crippen LogP contribution in [0.1, 0.15) is 172 Å². The van der Waals surface area contributed by atoms with Crippen LogP contribution in [0.15, 0.2) is 0 Å². The van der Waals surface area contributed by atoms with Gasteiger partial charge in [0.25, 0.3) is 0 Å². The molecule has 5 saturated heterocycles. The van der Waals surface area contributed by atoms with E-state index in [0.717, 1.165) is 12.8 Å². The Hall–Kier alpha value is -0.600. The van der Waals surface area contributed by atoms with Gasteiger partial charge in [0.15, 0.2) is 0 Å². The van der Waals surface area contributed by atoms with E-state index < -0.39 is 5.60 Å². The summed E-state index contributed by atoms with van der Waals surface area (Å²) in [5.74, 6) is 0. The third-order valence-electron chi connectivity index (χ3n) is 12.4. The van der Waals surface area contributed by atoms with E-state index in [1.165, 1.54) is 0 Å². The van der Waals surface area contributed by atoms with Crippen LogP contribution >= 0.6 is 0 Å². The van der Waals surface area contributed by atoms with Crippen LogP contribution in [0.3, 0.4) is 0 Å². The lowest BCUT2D eigenvalue weighted by Gasteiger charge is -2.36.